The molecular formula is C29H29ClFN3O4. The van der Waals surface area contributed by atoms with Crippen molar-refractivity contribution in [3.8, 4) is 11.5 Å². The Kier molecular flexibility index (Phi) is 7.17. The van der Waals surface area contributed by atoms with E-state index in [4.69, 9.17) is 21.1 Å². The number of hydrogen-bond donors (Lipinski definition) is 0. The quantitative estimate of drug-likeness (QED) is 0.470. The number of nitrogens with zero attached hydrogens (tertiary/aromatic N) is 3. The van der Waals surface area contributed by atoms with Crippen molar-refractivity contribution in [3.05, 3.63) is 88.2 Å². The number of amides is 2. The van der Waals surface area contributed by atoms with Crippen LogP contribution >= 0.6 is 11.6 Å². The van der Waals surface area contributed by atoms with E-state index in [2.05, 4.69) is 4.90 Å². The second kappa shape index (κ2) is 10.5. The van der Waals surface area contributed by atoms with Crippen LogP contribution < -0.4 is 14.4 Å². The summed E-state index contributed by atoms with van der Waals surface area (Å²) < 4.78 is 26.1. The van der Waals surface area contributed by atoms with E-state index in [0.29, 0.717) is 59.4 Å². The van der Waals surface area contributed by atoms with Crippen LogP contribution in [0.15, 0.2) is 60.7 Å². The molecule has 0 bridgehead atoms. The van der Waals surface area contributed by atoms with Gasteiger partial charge in [0.2, 0.25) is 5.91 Å². The van der Waals surface area contributed by atoms with Crippen molar-refractivity contribution in [2.45, 2.75) is 12.0 Å². The van der Waals surface area contributed by atoms with E-state index in [0.717, 1.165) is 5.69 Å². The lowest BCUT2D eigenvalue weighted by Crippen LogP contribution is -2.53. The molecule has 0 saturated carbocycles. The van der Waals surface area contributed by atoms with Gasteiger partial charge in [-0.25, -0.2) is 4.39 Å². The van der Waals surface area contributed by atoms with Crippen LogP contribution in [0, 0.1) is 5.82 Å². The van der Waals surface area contributed by atoms with Gasteiger partial charge < -0.3 is 24.2 Å². The highest BCUT2D eigenvalue weighted by Crippen LogP contribution is 2.46. The SMILES string of the molecule is COc1cc2c(cc1OC)[C@@H](C(=O)N1CCN(c3cccc(Cl)c3)CC1)[C@H](c1ccccc1F)N(C)C2=O. The Labute approximate surface area is 226 Å². The monoisotopic (exact) mass is 537 g/mol. The molecule has 0 unspecified atom stereocenters. The van der Waals surface area contributed by atoms with Gasteiger partial charge in [0.1, 0.15) is 5.82 Å². The minimum atomic E-state index is -0.831. The molecule has 0 N–H and O–H groups in total. The average Bonchev–Trinajstić information content (AvgIpc) is 2.94. The van der Waals surface area contributed by atoms with Crippen LogP contribution in [0.1, 0.15) is 33.4 Å². The van der Waals surface area contributed by atoms with Crippen molar-refractivity contribution in [1.82, 2.24) is 9.80 Å². The summed E-state index contributed by atoms with van der Waals surface area (Å²) >= 11 is 6.18. The molecule has 9 heteroatoms. The Bertz CT molecular complexity index is 1380. The lowest BCUT2D eigenvalue weighted by molar-refractivity contribution is -0.134. The van der Waals surface area contributed by atoms with E-state index in [1.165, 1.54) is 25.2 Å². The van der Waals surface area contributed by atoms with Gasteiger partial charge in [0.15, 0.2) is 11.5 Å². The molecule has 0 aliphatic carbocycles. The molecule has 5 rings (SSSR count). The highest BCUT2D eigenvalue weighted by atomic mass is 35.5. The molecule has 2 atom stereocenters. The first-order valence-electron chi connectivity index (χ1n) is 12.4. The first-order chi connectivity index (χ1) is 18.3. The van der Waals surface area contributed by atoms with Crippen molar-refractivity contribution in [3.63, 3.8) is 0 Å². The second-order valence-electron chi connectivity index (χ2n) is 9.45. The van der Waals surface area contributed by atoms with Crippen LogP contribution in [0.5, 0.6) is 11.5 Å². The number of methoxy groups -OCH3 is 2. The van der Waals surface area contributed by atoms with E-state index < -0.39 is 17.8 Å². The maximum absolute atomic E-state index is 15.1. The van der Waals surface area contributed by atoms with Crippen LogP contribution in [0.25, 0.3) is 0 Å². The highest BCUT2D eigenvalue weighted by Gasteiger charge is 2.46. The maximum Gasteiger partial charge on any atom is 0.254 e. The summed E-state index contributed by atoms with van der Waals surface area (Å²) in [4.78, 5) is 33.2. The zero-order valence-corrected chi connectivity index (χ0v) is 22.2. The third-order valence-corrected chi connectivity index (χ3v) is 7.66. The third kappa shape index (κ3) is 4.53. The van der Waals surface area contributed by atoms with Gasteiger partial charge in [-0.1, -0.05) is 35.9 Å². The lowest BCUT2D eigenvalue weighted by Gasteiger charge is -2.43. The normalized spacial score (nSPS) is 19.3. The van der Waals surface area contributed by atoms with Crippen molar-refractivity contribution < 1.29 is 23.5 Å². The molecule has 3 aromatic carbocycles. The van der Waals surface area contributed by atoms with Crippen LogP contribution in [-0.4, -0.2) is 69.1 Å². The number of carbonyl (C=O) groups excluding carboxylic acids is 2. The molecule has 0 aromatic heterocycles. The Morgan fingerprint density at radius 1 is 0.921 bits per heavy atom. The summed E-state index contributed by atoms with van der Waals surface area (Å²) in [6, 6.07) is 16.4. The minimum Gasteiger partial charge on any atom is -0.493 e. The summed E-state index contributed by atoms with van der Waals surface area (Å²) in [5.41, 5.74) is 2.13. The molecular weight excluding hydrogens is 509 g/mol. The molecule has 1 fully saturated rings. The molecule has 2 aliphatic heterocycles. The molecule has 2 amide bonds. The number of fused-ring (bicyclic) bond motifs is 1. The van der Waals surface area contributed by atoms with E-state index in [-0.39, 0.29) is 11.8 Å². The molecule has 2 aliphatic rings. The minimum absolute atomic E-state index is 0.170. The lowest BCUT2D eigenvalue weighted by atomic mass is 9.78. The Balaban J connectivity index is 1.54. The van der Waals surface area contributed by atoms with Gasteiger partial charge in [0.25, 0.3) is 5.91 Å². The van der Waals surface area contributed by atoms with Gasteiger partial charge >= 0.3 is 0 Å². The van der Waals surface area contributed by atoms with Crippen LogP contribution in [0.3, 0.4) is 0 Å². The Morgan fingerprint density at radius 2 is 1.61 bits per heavy atom. The van der Waals surface area contributed by atoms with Crippen molar-refractivity contribution >= 4 is 29.1 Å². The van der Waals surface area contributed by atoms with Gasteiger partial charge in [-0.05, 0) is 42.0 Å². The third-order valence-electron chi connectivity index (χ3n) is 7.43. The predicted molar refractivity (Wildman–Crippen MR) is 144 cm³/mol. The van der Waals surface area contributed by atoms with Gasteiger partial charge in [0.05, 0.1) is 26.2 Å². The Morgan fingerprint density at radius 3 is 2.26 bits per heavy atom. The number of rotatable bonds is 5. The van der Waals surface area contributed by atoms with Crippen LogP contribution in [-0.2, 0) is 4.79 Å². The number of likely N-dealkylation sites (N-methyl/N-ethyl adjacent to an activating group) is 1. The molecule has 7 nitrogen and oxygen atoms in total. The smallest absolute Gasteiger partial charge is 0.254 e. The number of ether oxygens (including phenoxy) is 2. The fourth-order valence-electron chi connectivity index (χ4n) is 5.47. The fourth-order valence-corrected chi connectivity index (χ4v) is 5.66. The Hall–Kier alpha value is -3.78. The zero-order valence-electron chi connectivity index (χ0n) is 21.5. The average molecular weight is 538 g/mol. The molecule has 0 radical (unpaired) electrons. The predicted octanol–water partition coefficient (Wildman–Crippen LogP) is 4.76. The number of piperazine rings is 1. The summed E-state index contributed by atoms with van der Waals surface area (Å²) in [5.74, 6) is -0.995. The van der Waals surface area contributed by atoms with E-state index in [1.54, 1.807) is 42.3 Å². The molecule has 198 valence electrons. The fraction of sp³-hybridized carbons (Fsp3) is 0.310. The van der Waals surface area contributed by atoms with E-state index >= 15 is 4.39 Å². The summed E-state index contributed by atoms with van der Waals surface area (Å²) in [7, 11) is 4.60. The highest BCUT2D eigenvalue weighted by molar-refractivity contribution is 6.30. The van der Waals surface area contributed by atoms with Gasteiger partial charge in [-0.15, -0.1) is 0 Å². The largest absolute Gasteiger partial charge is 0.493 e. The van der Waals surface area contributed by atoms with Crippen LogP contribution in [0.4, 0.5) is 10.1 Å². The molecule has 3 aromatic rings. The molecule has 38 heavy (non-hydrogen) atoms. The number of anilines is 1. The summed E-state index contributed by atoms with van der Waals surface area (Å²) in [6.07, 6.45) is 0. The number of halogens is 2. The van der Waals surface area contributed by atoms with Crippen LogP contribution in [0.2, 0.25) is 5.02 Å². The first-order valence-corrected chi connectivity index (χ1v) is 12.8. The molecule has 0 spiro atoms. The van der Waals surface area contributed by atoms with Crippen molar-refractivity contribution in [2.75, 3.05) is 52.3 Å². The number of carbonyl (C=O) groups is 2. The maximum atomic E-state index is 15.1. The summed E-state index contributed by atoms with van der Waals surface area (Å²) in [6.45, 7) is 2.20. The number of hydrogen-bond acceptors (Lipinski definition) is 5. The van der Waals surface area contributed by atoms with Crippen molar-refractivity contribution in [2.24, 2.45) is 0 Å². The van der Waals surface area contributed by atoms with Crippen molar-refractivity contribution in [1.29, 1.82) is 0 Å². The molecule has 1 saturated heterocycles. The van der Waals surface area contributed by atoms with Gasteiger partial charge in [-0.2, -0.15) is 0 Å². The first kappa shape index (κ1) is 25.9. The topological polar surface area (TPSA) is 62.3 Å². The second-order valence-corrected chi connectivity index (χ2v) is 9.88. The summed E-state index contributed by atoms with van der Waals surface area (Å²) in [5, 5.41) is 0.657. The number of benzene rings is 3. The van der Waals surface area contributed by atoms with E-state index in [9.17, 15) is 9.59 Å². The molecule has 2 heterocycles. The van der Waals surface area contributed by atoms with E-state index in [1.807, 2.05) is 24.3 Å². The van der Waals surface area contributed by atoms with Gasteiger partial charge in [0, 0.05) is 55.1 Å². The zero-order chi connectivity index (χ0) is 27.0. The van der Waals surface area contributed by atoms with Gasteiger partial charge in [-0.3, -0.25) is 9.59 Å². The standard InChI is InChI=1S/C29H29ClFN3O4/c1-32-27(20-9-4-5-10-23(20)31)26(21-16-24(37-2)25(38-3)17-22(21)28(32)35)29(36)34-13-11-33(12-14-34)19-8-6-7-18(30)15-19/h4-10,15-17,26-27H,11-14H2,1-3H3/t26-,27+/m1/s1.